The van der Waals surface area contributed by atoms with Crippen LogP contribution in [0.15, 0.2) is 46.9 Å². The molecule has 0 bridgehead atoms. The van der Waals surface area contributed by atoms with E-state index >= 15 is 0 Å². The first kappa shape index (κ1) is 16.1. The van der Waals surface area contributed by atoms with Gasteiger partial charge in [-0.3, -0.25) is 0 Å². The second kappa shape index (κ2) is 7.69. The molecule has 0 fully saturated rings. The Bertz CT molecular complexity index is 607. The van der Waals surface area contributed by atoms with Crippen LogP contribution in [0.25, 0.3) is 0 Å². The zero-order valence-corrected chi connectivity index (χ0v) is 14.0. The number of aliphatic hydroxyl groups is 1. The zero-order valence-electron chi connectivity index (χ0n) is 11.6. The minimum Gasteiger partial charge on any atom is -0.491 e. The van der Waals surface area contributed by atoms with Crippen molar-refractivity contribution in [1.29, 1.82) is 0 Å². The fraction of sp³-hybridized carbons (Fsp3) is 0.250. The summed E-state index contributed by atoms with van der Waals surface area (Å²) in [6.07, 6.45) is -0.609. The average Bonchev–Trinajstić information content (AvgIpc) is 2.46. The highest BCUT2D eigenvalue weighted by Crippen LogP contribution is 2.20. The molecule has 21 heavy (non-hydrogen) atoms. The number of nitrogens with one attached hydrogen (secondary N) is 1. The molecule has 2 rings (SSSR count). The number of benzene rings is 2. The molecule has 2 aromatic carbocycles. The highest BCUT2D eigenvalue weighted by molar-refractivity contribution is 9.10. The maximum Gasteiger partial charge on any atom is 0.120 e. The van der Waals surface area contributed by atoms with Crippen molar-refractivity contribution in [2.75, 3.05) is 18.5 Å². The van der Waals surface area contributed by atoms with E-state index < -0.39 is 6.10 Å². The highest BCUT2D eigenvalue weighted by atomic mass is 79.9. The number of hydrogen-bond donors (Lipinski definition) is 2. The predicted molar refractivity (Wildman–Crippen MR) is 90.3 cm³/mol. The Morgan fingerprint density at radius 2 is 2.10 bits per heavy atom. The van der Waals surface area contributed by atoms with Crippen molar-refractivity contribution in [2.24, 2.45) is 0 Å². The van der Waals surface area contributed by atoms with E-state index in [0.717, 1.165) is 21.5 Å². The van der Waals surface area contributed by atoms with Crippen LogP contribution in [0.4, 0.5) is 5.69 Å². The largest absolute Gasteiger partial charge is 0.491 e. The van der Waals surface area contributed by atoms with Crippen molar-refractivity contribution in [3.63, 3.8) is 0 Å². The first-order valence-corrected chi connectivity index (χ1v) is 7.78. The molecule has 0 aliphatic carbocycles. The van der Waals surface area contributed by atoms with Gasteiger partial charge in [0.25, 0.3) is 0 Å². The van der Waals surface area contributed by atoms with Crippen molar-refractivity contribution < 1.29 is 9.84 Å². The second-order valence-corrected chi connectivity index (χ2v) is 6.11. The summed E-state index contributed by atoms with van der Waals surface area (Å²) in [5.74, 6) is 0.724. The van der Waals surface area contributed by atoms with Crippen LogP contribution in [-0.4, -0.2) is 24.4 Å². The number of ether oxygens (including phenoxy) is 1. The molecule has 0 amide bonds. The molecule has 0 spiro atoms. The van der Waals surface area contributed by atoms with Crippen molar-refractivity contribution in [1.82, 2.24) is 0 Å². The number of anilines is 1. The van der Waals surface area contributed by atoms with Crippen LogP contribution in [0.3, 0.4) is 0 Å². The van der Waals surface area contributed by atoms with Crippen LogP contribution in [0.2, 0.25) is 5.02 Å². The number of hydrogen-bond acceptors (Lipinski definition) is 3. The van der Waals surface area contributed by atoms with Gasteiger partial charge in [0, 0.05) is 21.7 Å². The summed E-state index contributed by atoms with van der Waals surface area (Å²) in [4.78, 5) is 0. The van der Waals surface area contributed by atoms with Crippen LogP contribution in [0, 0.1) is 6.92 Å². The molecule has 0 aliphatic heterocycles. The molecule has 1 unspecified atom stereocenters. The summed E-state index contributed by atoms with van der Waals surface area (Å²) in [5, 5.41) is 13.8. The molecular formula is C16H17BrClNO2. The van der Waals surface area contributed by atoms with Gasteiger partial charge in [-0.1, -0.05) is 39.7 Å². The number of rotatable bonds is 6. The van der Waals surface area contributed by atoms with E-state index in [1.807, 2.05) is 49.4 Å². The van der Waals surface area contributed by atoms with E-state index in [2.05, 4.69) is 21.2 Å². The first-order valence-electron chi connectivity index (χ1n) is 6.61. The van der Waals surface area contributed by atoms with E-state index in [1.165, 1.54) is 0 Å². The van der Waals surface area contributed by atoms with E-state index in [4.69, 9.17) is 16.3 Å². The van der Waals surface area contributed by atoms with Crippen molar-refractivity contribution in [3.05, 3.63) is 57.5 Å². The molecule has 2 N–H and O–H groups in total. The van der Waals surface area contributed by atoms with Gasteiger partial charge in [0.1, 0.15) is 18.5 Å². The first-order chi connectivity index (χ1) is 10.0. The Kier molecular flexibility index (Phi) is 5.91. The molecule has 0 aliphatic rings. The molecule has 5 heteroatoms. The van der Waals surface area contributed by atoms with Crippen molar-refractivity contribution >= 4 is 33.2 Å². The smallest absolute Gasteiger partial charge is 0.120 e. The third-order valence-corrected chi connectivity index (χ3v) is 3.69. The van der Waals surface area contributed by atoms with Gasteiger partial charge >= 0.3 is 0 Å². The summed E-state index contributed by atoms with van der Waals surface area (Å²) in [6, 6.07) is 13.2. The number of aliphatic hydroxyl groups excluding tert-OH is 1. The normalized spacial score (nSPS) is 12.0. The van der Waals surface area contributed by atoms with Crippen LogP contribution < -0.4 is 10.1 Å². The molecule has 0 saturated heterocycles. The van der Waals surface area contributed by atoms with Gasteiger partial charge in [0.05, 0.1) is 0 Å². The number of halogens is 2. The lowest BCUT2D eigenvalue weighted by Crippen LogP contribution is -2.26. The monoisotopic (exact) mass is 369 g/mol. The quantitative estimate of drug-likeness (QED) is 0.798. The van der Waals surface area contributed by atoms with Gasteiger partial charge in [-0.25, -0.2) is 0 Å². The summed E-state index contributed by atoms with van der Waals surface area (Å²) < 4.78 is 6.49. The summed E-state index contributed by atoms with van der Waals surface area (Å²) in [5.41, 5.74) is 2.00. The topological polar surface area (TPSA) is 41.5 Å². The molecule has 0 heterocycles. The third-order valence-electron chi connectivity index (χ3n) is 2.97. The SMILES string of the molecule is Cc1ccc(Cl)cc1NCC(O)COc1cccc(Br)c1. The van der Waals surface area contributed by atoms with E-state index in [0.29, 0.717) is 11.6 Å². The van der Waals surface area contributed by atoms with Gasteiger partial charge in [0.15, 0.2) is 0 Å². The second-order valence-electron chi connectivity index (χ2n) is 4.76. The Balaban J connectivity index is 1.82. The third kappa shape index (κ3) is 5.23. The maximum atomic E-state index is 9.97. The van der Waals surface area contributed by atoms with Gasteiger partial charge in [0.2, 0.25) is 0 Å². The van der Waals surface area contributed by atoms with E-state index in [-0.39, 0.29) is 6.61 Å². The average molecular weight is 371 g/mol. The molecule has 3 nitrogen and oxygen atoms in total. The molecule has 1 atom stereocenters. The van der Waals surface area contributed by atoms with E-state index in [9.17, 15) is 5.11 Å². The highest BCUT2D eigenvalue weighted by Gasteiger charge is 2.07. The van der Waals surface area contributed by atoms with Crippen LogP contribution >= 0.6 is 27.5 Å². The maximum absolute atomic E-state index is 9.97. The minimum absolute atomic E-state index is 0.225. The lowest BCUT2D eigenvalue weighted by Gasteiger charge is -2.15. The lowest BCUT2D eigenvalue weighted by molar-refractivity contribution is 0.117. The Labute approximate surface area is 138 Å². The van der Waals surface area contributed by atoms with Crippen molar-refractivity contribution in [3.8, 4) is 5.75 Å². The zero-order chi connectivity index (χ0) is 15.2. The molecule has 2 aromatic rings. The fourth-order valence-electron chi connectivity index (χ4n) is 1.82. The minimum atomic E-state index is -0.609. The molecule has 0 aromatic heterocycles. The van der Waals surface area contributed by atoms with Crippen LogP contribution in [-0.2, 0) is 0 Å². The molecular weight excluding hydrogens is 354 g/mol. The predicted octanol–water partition coefficient (Wildman–Crippen LogP) is 4.26. The molecule has 0 radical (unpaired) electrons. The fourth-order valence-corrected chi connectivity index (χ4v) is 2.37. The van der Waals surface area contributed by atoms with Crippen LogP contribution in [0.1, 0.15) is 5.56 Å². The standard InChI is InChI=1S/C16H17BrClNO2/c1-11-5-6-13(18)8-16(11)19-9-14(20)10-21-15-4-2-3-12(17)7-15/h2-8,14,19-20H,9-10H2,1H3. The Hall–Kier alpha value is -1.23. The lowest BCUT2D eigenvalue weighted by atomic mass is 10.2. The van der Waals surface area contributed by atoms with E-state index in [1.54, 1.807) is 0 Å². The molecule has 0 saturated carbocycles. The Morgan fingerprint density at radius 1 is 1.29 bits per heavy atom. The molecule has 112 valence electrons. The van der Waals surface area contributed by atoms with Gasteiger partial charge < -0.3 is 15.2 Å². The summed E-state index contributed by atoms with van der Waals surface area (Å²) >= 11 is 9.33. The van der Waals surface area contributed by atoms with Gasteiger partial charge in [-0.05, 0) is 42.8 Å². The Morgan fingerprint density at radius 3 is 2.86 bits per heavy atom. The van der Waals surface area contributed by atoms with Gasteiger partial charge in [-0.15, -0.1) is 0 Å². The summed E-state index contributed by atoms with van der Waals surface area (Å²) in [6.45, 7) is 2.61. The van der Waals surface area contributed by atoms with Crippen molar-refractivity contribution in [2.45, 2.75) is 13.0 Å². The number of aryl methyl sites for hydroxylation is 1. The van der Waals surface area contributed by atoms with Crippen LogP contribution in [0.5, 0.6) is 5.75 Å². The summed E-state index contributed by atoms with van der Waals surface area (Å²) in [7, 11) is 0. The van der Waals surface area contributed by atoms with Gasteiger partial charge in [-0.2, -0.15) is 0 Å².